The third-order valence-corrected chi connectivity index (χ3v) is 7.71. The summed E-state index contributed by atoms with van der Waals surface area (Å²) >= 11 is 0. The van der Waals surface area contributed by atoms with Crippen LogP contribution in [0.5, 0.6) is 0 Å². The minimum Gasteiger partial charge on any atom is -0.477 e. The Morgan fingerprint density at radius 1 is 1.00 bits per heavy atom. The number of rotatable bonds is 19. The maximum Gasteiger partial charge on any atom is 0.364 e. The van der Waals surface area contributed by atoms with E-state index in [1.54, 1.807) is 0 Å². The molecule has 0 saturated carbocycles. The molecule has 2 fully saturated rings. The monoisotopic (exact) mass is 717 g/mol. The van der Waals surface area contributed by atoms with Crippen molar-refractivity contribution in [3.8, 4) is 0 Å². The van der Waals surface area contributed by atoms with E-state index in [-0.39, 0.29) is 0 Å². The molecule has 2 aliphatic heterocycles. The van der Waals surface area contributed by atoms with Crippen LogP contribution in [0.1, 0.15) is 27.2 Å². The van der Waals surface area contributed by atoms with Gasteiger partial charge in [-0.3, -0.25) is 9.59 Å². The number of aliphatic hydroxyl groups excluding tert-OH is 9. The van der Waals surface area contributed by atoms with Gasteiger partial charge in [0.1, 0.15) is 54.9 Å². The molecule has 2 amide bonds. The molecule has 0 bridgehead atoms. The van der Waals surface area contributed by atoms with Gasteiger partial charge < -0.3 is 90.2 Å². The SMILES string of the molecule is C=NOC1OC(CO)C(OC(OC(CO[C@]2(C(=O)O)C[C@@H](O)C(NC(C)=O)C([C@H](O)[C@H](O)CO)O2)[C@@H](C)O)[C@@H](O)CO)C(O)C1NC(C)=O. The zero-order chi connectivity index (χ0) is 37.2. The maximum atomic E-state index is 12.5. The quantitative estimate of drug-likeness (QED) is 0.0335. The van der Waals surface area contributed by atoms with Gasteiger partial charge in [-0.2, -0.15) is 0 Å². The molecule has 49 heavy (non-hydrogen) atoms. The Hall–Kier alpha value is -2.68. The number of ether oxygens (including phenoxy) is 5. The van der Waals surface area contributed by atoms with Crippen LogP contribution >= 0.6 is 0 Å². The van der Waals surface area contributed by atoms with Crippen molar-refractivity contribution in [1.29, 1.82) is 0 Å². The summed E-state index contributed by atoms with van der Waals surface area (Å²) in [5, 5.41) is 111. The number of aliphatic hydroxyl groups is 9. The number of carbonyl (C=O) groups is 3. The minimum atomic E-state index is -2.83. The van der Waals surface area contributed by atoms with E-state index in [1.165, 1.54) is 0 Å². The van der Waals surface area contributed by atoms with Crippen LogP contribution in [-0.2, 0) is 42.9 Å². The second-order valence-corrected chi connectivity index (χ2v) is 11.5. The van der Waals surface area contributed by atoms with Crippen LogP contribution in [0.2, 0.25) is 0 Å². The van der Waals surface area contributed by atoms with Crippen molar-refractivity contribution in [1.82, 2.24) is 10.6 Å². The van der Waals surface area contributed by atoms with E-state index in [4.69, 9.17) is 28.5 Å². The number of carboxylic acid groups (broad SMARTS) is 1. The van der Waals surface area contributed by atoms with Gasteiger partial charge >= 0.3 is 5.97 Å². The molecule has 12 N–H and O–H groups in total. The van der Waals surface area contributed by atoms with Crippen LogP contribution in [-0.4, -0.2) is 193 Å². The van der Waals surface area contributed by atoms with Crippen LogP contribution < -0.4 is 10.6 Å². The number of oxime groups is 1. The lowest BCUT2D eigenvalue weighted by Gasteiger charge is -2.47. The van der Waals surface area contributed by atoms with Crippen molar-refractivity contribution in [3.05, 3.63) is 0 Å². The van der Waals surface area contributed by atoms with Crippen molar-refractivity contribution in [2.24, 2.45) is 5.16 Å². The summed E-state index contributed by atoms with van der Waals surface area (Å²) in [5.74, 6) is -6.05. The summed E-state index contributed by atoms with van der Waals surface area (Å²) in [6, 6.07) is -2.86. The van der Waals surface area contributed by atoms with Gasteiger partial charge in [0, 0.05) is 27.0 Å². The van der Waals surface area contributed by atoms with Gasteiger partial charge in [-0.05, 0) is 6.92 Å². The number of hydrogen-bond acceptors (Lipinski definition) is 19. The fraction of sp³-hybridized carbons (Fsp3) is 0.852. The Kier molecular flexibility index (Phi) is 16.5. The zero-order valence-electron chi connectivity index (χ0n) is 26.9. The van der Waals surface area contributed by atoms with Gasteiger partial charge in [-0.1, -0.05) is 5.16 Å². The molecule has 22 heteroatoms. The van der Waals surface area contributed by atoms with Crippen molar-refractivity contribution in [2.75, 3.05) is 26.4 Å². The minimum absolute atomic E-state index is 0.646. The highest BCUT2D eigenvalue weighted by atomic mass is 16.8. The molecule has 2 heterocycles. The molecule has 0 spiro atoms. The van der Waals surface area contributed by atoms with E-state index in [0.29, 0.717) is 0 Å². The molecule has 0 aliphatic carbocycles. The summed E-state index contributed by atoms with van der Waals surface area (Å²) in [5.41, 5.74) is 0. The summed E-state index contributed by atoms with van der Waals surface area (Å²) in [6.45, 7) is 2.68. The number of amides is 2. The Bertz CT molecular complexity index is 1090. The van der Waals surface area contributed by atoms with Gasteiger partial charge in [0.25, 0.3) is 5.79 Å². The third kappa shape index (κ3) is 10.9. The highest BCUT2D eigenvalue weighted by Crippen LogP contribution is 2.34. The van der Waals surface area contributed by atoms with E-state index < -0.39 is 142 Å². The summed E-state index contributed by atoms with van der Waals surface area (Å²) in [4.78, 5) is 41.0. The number of hydrogen-bond donors (Lipinski definition) is 12. The molecule has 2 aliphatic rings. The highest BCUT2D eigenvalue weighted by molar-refractivity contribution is 5.76. The number of aliphatic carboxylic acids is 1. The molecular weight excluding hydrogens is 670 g/mol. The molecule has 22 nitrogen and oxygen atoms in total. The number of carbonyl (C=O) groups excluding carboxylic acids is 2. The van der Waals surface area contributed by atoms with Gasteiger partial charge in [-0.15, -0.1) is 0 Å². The predicted molar refractivity (Wildman–Crippen MR) is 157 cm³/mol. The van der Waals surface area contributed by atoms with Crippen molar-refractivity contribution in [2.45, 2.75) is 119 Å². The second-order valence-electron chi connectivity index (χ2n) is 11.5. The van der Waals surface area contributed by atoms with Crippen molar-refractivity contribution in [3.63, 3.8) is 0 Å². The van der Waals surface area contributed by atoms with Gasteiger partial charge in [0.05, 0.1) is 44.7 Å². The van der Waals surface area contributed by atoms with E-state index in [0.717, 1.165) is 20.8 Å². The van der Waals surface area contributed by atoms with Crippen LogP contribution in [0, 0.1) is 0 Å². The first-order valence-corrected chi connectivity index (χ1v) is 15.0. The van der Waals surface area contributed by atoms with E-state index in [2.05, 4.69) is 22.5 Å². The number of carboxylic acids is 1. The molecular formula is C27H47N3O19. The van der Waals surface area contributed by atoms with Crippen LogP contribution in [0.25, 0.3) is 0 Å². The Balaban J connectivity index is 2.38. The third-order valence-electron chi connectivity index (χ3n) is 7.71. The lowest BCUT2D eigenvalue weighted by atomic mass is 9.88. The molecule has 2 rings (SSSR count). The van der Waals surface area contributed by atoms with Crippen LogP contribution in [0.15, 0.2) is 5.16 Å². The fourth-order valence-electron chi connectivity index (χ4n) is 5.20. The average molecular weight is 718 g/mol. The van der Waals surface area contributed by atoms with Crippen molar-refractivity contribution < 1.29 is 94.0 Å². The van der Waals surface area contributed by atoms with E-state index >= 15 is 0 Å². The van der Waals surface area contributed by atoms with E-state index in [1.807, 2.05) is 0 Å². The average Bonchev–Trinajstić information content (AvgIpc) is 3.04. The molecule has 0 aromatic carbocycles. The maximum absolute atomic E-state index is 12.5. The lowest BCUT2D eigenvalue weighted by Crippen LogP contribution is -2.68. The lowest BCUT2D eigenvalue weighted by molar-refractivity contribution is -0.338. The Labute approximate surface area is 279 Å². The number of nitrogens with zero attached hydrogens (tertiary/aromatic N) is 1. The van der Waals surface area contributed by atoms with Crippen LogP contribution in [0.4, 0.5) is 0 Å². The van der Waals surface area contributed by atoms with Crippen LogP contribution in [0.3, 0.4) is 0 Å². The van der Waals surface area contributed by atoms with Gasteiger partial charge in [0.2, 0.25) is 18.1 Å². The summed E-state index contributed by atoms with van der Waals surface area (Å²) in [7, 11) is 0. The Morgan fingerprint density at radius 2 is 1.59 bits per heavy atom. The highest BCUT2D eigenvalue weighted by Gasteiger charge is 2.56. The smallest absolute Gasteiger partial charge is 0.364 e. The fourth-order valence-corrected chi connectivity index (χ4v) is 5.20. The Morgan fingerprint density at radius 3 is 2.08 bits per heavy atom. The first kappa shape index (κ1) is 42.5. The predicted octanol–water partition coefficient (Wildman–Crippen LogP) is -6.80. The van der Waals surface area contributed by atoms with E-state index in [9.17, 15) is 65.4 Å². The summed E-state index contributed by atoms with van der Waals surface area (Å²) < 4.78 is 27.9. The molecule has 0 aromatic rings. The first-order chi connectivity index (χ1) is 23.0. The summed E-state index contributed by atoms with van der Waals surface area (Å²) in [6.07, 6.45) is -21.9. The molecule has 0 radical (unpaired) electrons. The molecule has 0 aromatic heterocycles. The van der Waals surface area contributed by atoms with Gasteiger partial charge in [-0.25, -0.2) is 4.79 Å². The molecule has 2 saturated heterocycles. The molecule has 284 valence electrons. The first-order valence-electron chi connectivity index (χ1n) is 15.0. The number of nitrogens with one attached hydrogen (secondary N) is 2. The largest absolute Gasteiger partial charge is 0.477 e. The van der Waals surface area contributed by atoms with Crippen molar-refractivity contribution >= 4 is 24.5 Å². The zero-order valence-corrected chi connectivity index (χ0v) is 26.9. The topological polar surface area (TPSA) is 345 Å². The van der Waals surface area contributed by atoms with Gasteiger partial charge in [0.15, 0.2) is 6.29 Å². The molecule has 9 unspecified atom stereocenters. The standard InChI is InChI=1S/C27H47N3O19/c1-10(34)17(9-44-27(26(42)43)5-13(37)18(29-11(2)35)23(48-27)20(40)14(38)6-31)46-24(15(39)7-32)47-22-16(8-33)45-25(49-28-4)19(21(22)41)30-12(3)36/h10,13-25,31-34,37-41H,4-9H2,1-3H3,(H,29,35)(H,30,36)(H,42,43)/t10-,13-,14-,15+,16?,17?,18?,19?,20-,21?,22?,23?,24?,25?,27-/m1/s1. The second kappa shape index (κ2) is 19.1. The normalized spacial score (nSPS) is 34.0. The molecule has 15 atom stereocenters.